The lowest BCUT2D eigenvalue weighted by molar-refractivity contribution is 0.0952. The molecule has 4 heteroatoms. The molecule has 1 heterocycles. The van der Waals surface area contributed by atoms with Gasteiger partial charge in [-0.05, 0) is 31.4 Å². The van der Waals surface area contributed by atoms with Gasteiger partial charge in [-0.3, -0.25) is 9.78 Å². The van der Waals surface area contributed by atoms with Crippen molar-refractivity contribution in [2.75, 3.05) is 12.4 Å². The maximum Gasteiger partial charge on any atom is 0.252 e. The summed E-state index contributed by atoms with van der Waals surface area (Å²) >= 11 is 5.56. The molecule has 0 atom stereocenters. The molecule has 0 unspecified atom stereocenters. The zero-order chi connectivity index (χ0) is 11.8. The standard InChI is InChI=1S/C12H17ClN2O/c1-10-7-11(9-14-8-10)12(16)15-6-4-2-3-5-13/h7-9H,2-6H2,1H3,(H,15,16). The molecule has 0 aliphatic carbocycles. The molecular formula is C12H17ClN2O. The highest BCUT2D eigenvalue weighted by Gasteiger charge is 2.04. The van der Waals surface area contributed by atoms with Crippen molar-refractivity contribution in [1.82, 2.24) is 10.3 Å². The summed E-state index contributed by atoms with van der Waals surface area (Å²) in [5.74, 6) is 0.637. The molecule has 1 amide bonds. The van der Waals surface area contributed by atoms with Gasteiger partial charge < -0.3 is 5.32 Å². The normalized spacial score (nSPS) is 10.1. The molecule has 0 saturated heterocycles. The Kier molecular flexibility index (Phi) is 5.86. The van der Waals surface area contributed by atoms with E-state index in [0.717, 1.165) is 24.8 Å². The van der Waals surface area contributed by atoms with E-state index in [0.29, 0.717) is 18.0 Å². The monoisotopic (exact) mass is 240 g/mol. The number of aryl methyl sites for hydroxylation is 1. The molecule has 1 aromatic rings. The van der Waals surface area contributed by atoms with E-state index in [1.54, 1.807) is 12.4 Å². The predicted molar refractivity (Wildman–Crippen MR) is 65.9 cm³/mol. The summed E-state index contributed by atoms with van der Waals surface area (Å²) in [5.41, 5.74) is 1.62. The number of carbonyl (C=O) groups excluding carboxylic acids is 1. The lowest BCUT2D eigenvalue weighted by Crippen LogP contribution is -2.24. The van der Waals surface area contributed by atoms with Crippen molar-refractivity contribution in [3.63, 3.8) is 0 Å². The number of aromatic nitrogens is 1. The van der Waals surface area contributed by atoms with Crippen molar-refractivity contribution in [2.24, 2.45) is 0 Å². The van der Waals surface area contributed by atoms with Gasteiger partial charge in [0.2, 0.25) is 0 Å². The molecular weight excluding hydrogens is 224 g/mol. The highest BCUT2D eigenvalue weighted by atomic mass is 35.5. The smallest absolute Gasteiger partial charge is 0.252 e. The van der Waals surface area contributed by atoms with Crippen LogP contribution in [0.3, 0.4) is 0 Å². The van der Waals surface area contributed by atoms with Crippen LogP contribution in [0.2, 0.25) is 0 Å². The Morgan fingerprint density at radius 3 is 2.88 bits per heavy atom. The third-order valence-electron chi connectivity index (χ3n) is 2.23. The van der Waals surface area contributed by atoms with E-state index in [2.05, 4.69) is 10.3 Å². The molecule has 16 heavy (non-hydrogen) atoms. The Labute approximate surface area is 101 Å². The van der Waals surface area contributed by atoms with Crippen LogP contribution in [0, 0.1) is 6.92 Å². The van der Waals surface area contributed by atoms with Crippen molar-refractivity contribution in [2.45, 2.75) is 26.2 Å². The van der Waals surface area contributed by atoms with E-state index in [1.807, 2.05) is 13.0 Å². The number of hydrogen-bond donors (Lipinski definition) is 1. The van der Waals surface area contributed by atoms with Gasteiger partial charge >= 0.3 is 0 Å². The summed E-state index contributed by atoms with van der Waals surface area (Å²) in [4.78, 5) is 15.6. The van der Waals surface area contributed by atoms with Crippen LogP contribution in [-0.4, -0.2) is 23.3 Å². The van der Waals surface area contributed by atoms with Gasteiger partial charge in [0.05, 0.1) is 5.56 Å². The first kappa shape index (κ1) is 13.0. The summed E-state index contributed by atoms with van der Waals surface area (Å²) in [5, 5.41) is 2.86. The van der Waals surface area contributed by atoms with Gasteiger partial charge in [-0.15, -0.1) is 11.6 Å². The maximum atomic E-state index is 11.7. The number of carbonyl (C=O) groups is 1. The SMILES string of the molecule is Cc1cncc(C(=O)NCCCCCCl)c1. The lowest BCUT2D eigenvalue weighted by Gasteiger charge is -2.04. The Balaban J connectivity index is 2.30. The second-order valence-electron chi connectivity index (χ2n) is 3.76. The van der Waals surface area contributed by atoms with Gasteiger partial charge in [0.1, 0.15) is 0 Å². The first-order chi connectivity index (χ1) is 7.74. The number of alkyl halides is 1. The van der Waals surface area contributed by atoms with Gasteiger partial charge in [-0.1, -0.05) is 6.42 Å². The minimum atomic E-state index is -0.0536. The number of nitrogens with one attached hydrogen (secondary N) is 1. The van der Waals surface area contributed by atoms with Crippen molar-refractivity contribution in [3.8, 4) is 0 Å². The molecule has 0 aromatic carbocycles. The van der Waals surface area contributed by atoms with Crippen LogP contribution in [0.15, 0.2) is 18.5 Å². The van der Waals surface area contributed by atoms with E-state index in [4.69, 9.17) is 11.6 Å². The van der Waals surface area contributed by atoms with Crippen LogP contribution in [0.4, 0.5) is 0 Å². The zero-order valence-electron chi connectivity index (χ0n) is 9.50. The average Bonchev–Trinajstić information content (AvgIpc) is 2.28. The second kappa shape index (κ2) is 7.23. The van der Waals surface area contributed by atoms with Crippen LogP contribution >= 0.6 is 11.6 Å². The van der Waals surface area contributed by atoms with Crippen LogP contribution in [-0.2, 0) is 0 Å². The Morgan fingerprint density at radius 2 is 2.19 bits per heavy atom. The van der Waals surface area contributed by atoms with E-state index in [9.17, 15) is 4.79 Å². The van der Waals surface area contributed by atoms with Crippen molar-refractivity contribution >= 4 is 17.5 Å². The average molecular weight is 241 g/mol. The number of halogens is 1. The van der Waals surface area contributed by atoms with E-state index in [1.165, 1.54) is 0 Å². The number of rotatable bonds is 6. The molecule has 0 aliphatic heterocycles. The largest absolute Gasteiger partial charge is 0.352 e. The van der Waals surface area contributed by atoms with E-state index in [-0.39, 0.29) is 5.91 Å². The highest BCUT2D eigenvalue weighted by molar-refractivity contribution is 6.17. The molecule has 0 bridgehead atoms. The van der Waals surface area contributed by atoms with Gasteiger partial charge in [-0.2, -0.15) is 0 Å². The highest BCUT2D eigenvalue weighted by Crippen LogP contribution is 2.01. The van der Waals surface area contributed by atoms with Crippen LogP contribution < -0.4 is 5.32 Å². The Bertz CT molecular complexity index is 342. The van der Waals surface area contributed by atoms with Gasteiger partial charge in [0.25, 0.3) is 5.91 Å². The number of nitrogens with zero attached hydrogens (tertiary/aromatic N) is 1. The molecule has 1 rings (SSSR count). The lowest BCUT2D eigenvalue weighted by atomic mass is 10.2. The molecule has 1 aromatic heterocycles. The molecule has 0 saturated carbocycles. The molecule has 3 nitrogen and oxygen atoms in total. The molecule has 0 radical (unpaired) electrons. The fraction of sp³-hybridized carbons (Fsp3) is 0.500. The summed E-state index contributed by atoms with van der Waals surface area (Å²) in [7, 11) is 0. The Morgan fingerprint density at radius 1 is 1.38 bits per heavy atom. The third kappa shape index (κ3) is 4.62. The van der Waals surface area contributed by atoms with E-state index >= 15 is 0 Å². The number of amides is 1. The molecule has 1 N–H and O–H groups in total. The predicted octanol–water partition coefficient (Wildman–Crippen LogP) is 2.53. The van der Waals surface area contributed by atoms with Gasteiger partial charge in [0, 0.05) is 24.8 Å². The molecule has 88 valence electrons. The fourth-order valence-corrected chi connectivity index (χ4v) is 1.57. The minimum Gasteiger partial charge on any atom is -0.352 e. The van der Waals surface area contributed by atoms with Crippen LogP contribution in [0.25, 0.3) is 0 Å². The second-order valence-corrected chi connectivity index (χ2v) is 4.13. The fourth-order valence-electron chi connectivity index (χ4n) is 1.38. The summed E-state index contributed by atoms with van der Waals surface area (Å²) in [6.07, 6.45) is 6.34. The minimum absolute atomic E-state index is 0.0536. The third-order valence-corrected chi connectivity index (χ3v) is 2.50. The van der Waals surface area contributed by atoms with Crippen LogP contribution in [0.1, 0.15) is 35.2 Å². The summed E-state index contributed by atoms with van der Waals surface area (Å²) < 4.78 is 0. The quantitative estimate of drug-likeness (QED) is 0.613. The van der Waals surface area contributed by atoms with E-state index < -0.39 is 0 Å². The Hall–Kier alpha value is -1.09. The topological polar surface area (TPSA) is 42.0 Å². The zero-order valence-corrected chi connectivity index (χ0v) is 10.3. The van der Waals surface area contributed by atoms with Gasteiger partial charge in [-0.25, -0.2) is 0 Å². The molecule has 0 aliphatic rings. The van der Waals surface area contributed by atoms with Crippen molar-refractivity contribution < 1.29 is 4.79 Å². The van der Waals surface area contributed by atoms with Crippen molar-refractivity contribution in [1.29, 1.82) is 0 Å². The number of pyridine rings is 1. The maximum absolute atomic E-state index is 11.7. The van der Waals surface area contributed by atoms with Gasteiger partial charge in [0.15, 0.2) is 0 Å². The van der Waals surface area contributed by atoms with Crippen LogP contribution in [0.5, 0.6) is 0 Å². The first-order valence-electron chi connectivity index (χ1n) is 5.50. The number of unbranched alkanes of at least 4 members (excludes halogenated alkanes) is 2. The van der Waals surface area contributed by atoms with Crippen molar-refractivity contribution in [3.05, 3.63) is 29.6 Å². The first-order valence-corrected chi connectivity index (χ1v) is 6.03. The number of hydrogen-bond acceptors (Lipinski definition) is 2. The molecule has 0 spiro atoms. The summed E-state index contributed by atoms with van der Waals surface area (Å²) in [6, 6.07) is 1.83. The molecule has 0 fully saturated rings. The summed E-state index contributed by atoms with van der Waals surface area (Å²) in [6.45, 7) is 2.62.